The number of benzene rings is 1. The van der Waals surface area contributed by atoms with E-state index in [9.17, 15) is 0 Å². The molecule has 134 valence electrons. The Kier molecular flexibility index (Phi) is 4.89. The Morgan fingerprint density at radius 2 is 1.74 bits per heavy atom. The minimum atomic E-state index is 0.677. The molecule has 0 saturated heterocycles. The van der Waals surface area contributed by atoms with Gasteiger partial charge >= 0.3 is 0 Å². The molecule has 0 amide bonds. The second-order valence-corrected chi connectivity index (χ2v) is 7.29. The summed E-state index contributed by atoms with van der Waals surface area (Å²) in [5, 5.41) is 4.46. The minimum absolute atomic E-state index is 0.677. The average molecular weight is 373 g/mol. The van der Waals surface area contributed by atoms with Crippen molar-refractivity contribution < 1.29 is 0 Å². The highest BCUT2D eigenvalue weighted by molar-refractivity contribution is 7.15. The van der Waals surface area contributed by atoms with E-state index in [0.717, 1.165) is 33.3 Å². The van der Waals surface area contributed by atoms with Crippen LogP contribution in [-0.2, 0) is 6.54 Å². The Balaban J connectivity index is 1.54. The monoisotopic (exact) mass is 373 g/mol. The molecule has 0 aliphatic rings. The van der Waals surface area contributed by atoms with Gasteiger partial charge in [-0.15, -0.1) is 11.3 Å². The van der Waals surface area contributed by atoms with Gasteiger partial charge in [0.05, 0.1) is 12.2 Å². The van der Waals surface area contributed by atoms with Gasteiger partial charge in [0.2, 0.25) is 0 Å². The number of hydrogen-bond donors (Lipinski definition) is 1. The number of nitrogens with zero attached hydrogens (tertiary/aromatic N) is 4. The van der Waals surface area contributed by atoms with Crippen LogP contribution in [0.15, 0.2) is 60.9 Å². The van der Waals surface area contributed by atoms with Gasteiger partial charge in [-0.2, -0.15) is 0 Å². The summed E-state index contributed by atoms with van der Waals surface area (Å²) in [5.74, 6) is 1.48. The van der Waals surface area contributed by atoms with Crippen LogP contribution in [0.1, 0.15) is 16.3 Å². The van der Waals surface area contributed by atoms with Gasteiger partial charge in [-0.1, -0.05) is 30.3 Å². The predicted molar refractivity (Wildman–Crippen MR) is 110 cm³/mol. The van der Waals surface area contributed by atoms with Gasteiger partial charge in [-0.05, 0) is 26.0 Å². The SMILES string of the molecule is Cc1cc(NCc2sc(-c3ccccc3)nc2C)nc(-c2cccnc2)n1. The molecule has 0 bridgehead atoms. The largest absolute Gasteiger partial charge is 0.365 e. The summed E-state index contributed by atoms with van der Waals surface area (Å²) in [7, 11) is 0. The Morgan fingerprint density at radius 1 is 0.926 bits per heavy atom. The van der Waals surface area contributed by atoms with Crippen LogP contribution >= 0.6 is 11.3 Å². The molecule has 27 heavy (non-hydrogen) atoms. The first-order chi connectivity index (χ1) is 13.2. The van der Waals surface area contributed by atoms with E-state index >= 15 is 0 Å². The third-order valence-electron chi connectivity index (χ3n) is 4.12. The highest BCUT2D eigenvalue weighted by atomic mass is 32.1. The van der Waals surface area contributed by atoms with Crippen molar-refractivity contribution in [1.29, 1.82) is 0 Å². The molecular weight excluding hydrogens is 354 g/mol. The van der Waals surface area contributed by atoms with Gasteiger partial charge in [0.25, 0.3) is 0 Å². The van der Waals surface area contributed by atoms with E-state index in [1.807, 2.05) is 50.2 Å². The topological polar surface area (TPSA) is 63.6 Å². The molecule has 3 aromatic heterocycles. The van der Waals surface area contributed by atoms with Crippen LogP contribution in [0.5, 0.6) is 0 Å². The number of aryl methyl sites for hydroxylation is 2. The third kappa shape index (κ3) is 4.01. The second kappa shape index (κ2) is 7.63. The van der Waals surface area contributed by atoms with Crippen molar-refractivity contribution in [2.75, 3.05) is 5.32 Å². The summed E-state index contributed by atoms with van der Waals surface area (Å²) >= 11 is 1.71. The fourth-order valence-corrected chi connectivity index (χ4v) is 3.76. The van der Waals surface area contributed by atoms with E-state index < -0.39 is 0 Å². The van der Waals surface area contributed by atoms with Crippen LogP contribution in [0.4, 0.5) is 5.82 Å². The summed E-state index contributed by atoms with van der Waals surface area (Å²) in [6.07, 6.45) is 3.52. The summed E-state index contributed by atoms with van der Waals surface area (Å²) < 4.78 is 0. The summed E-state index contributed by atoms with van der Waals surface area (Å²) in [4.78, 5) is 19.2. The quantitative estimate of drug-likeness (QED) is 0.539. The number of hydrogen-bond acceptors (Lipinski definition) is 6. The fraction of sp³-hybridized carbons (Fsp3) is 0.143. The molecule has 4 rings (SSSR count). The number of aromatic nitrogens is 4. The number of rotatable bonds is 5. The van der Waals surface area contributed by atoms with Crippen molar-refractivity contribution in [2.45, 2.75) is 20.4 Å². The lowest BCUT2D eigenvalue weighted by molar-refractivity contribution is 1.06. The molecule has 0 atom stereocenters. The van der Waals surface area contributed by atoms with Gasteiger partial charge in [0, 0.05) is 40.2 Å². The molecule has 3 heterocycles. The van der Waals surface area contributed by atoms with Crippen LogP contribution in [0, 0.1) is 13.8 Å². The molecule has 6 heteroatoms. The standard InChI is InChI=1S/C21H19N5S/c1-14-11-19(26-20(24-14)17-9-6-10-22-12-17)23-13-18-15(2)25-21(27-18)16-7-4-3-5-8-16/h3-12H,13H2,1-2H3,(H,23,24,26). The lowest BCUT2D eigenvalue weighted by Crippen LogP contribution is -2.04. The van der Waals surface area contributed by atoms with E-state index in [0.29, 0.717) is 12.4 Å². The van der Waals surface area contributed by atoms with E-state index in [1.54, 1.807) is 23.7 Å². The normalized spacial score (nSPS) is 10.7. The zero-order valence-electron chi connectivity index (χ0n) is 15.2. The summed E-state index contributed by atoms with van der Waals surface area (Å²) in [6.45, 7) is 4.70. The molecule has 1 aromatic carbocycles. The molecule has 4 aromatic rings. The Bertz CT molecular complexity index is 1040. The molecule has 1 N–H and O–H groups in total. The van der Waals surface area contributed by atoms with Crippen molar-refractivity contribution in [3.05, 3.63) is 77.2 Å². The highest BCUT2D eigenvalue weighted by Crippen LogP contribution is 2.28. The molecular formula is C21H19N5S. The Hall–Kier alpha value is -3.12. The molecule has 0 aliphatic heterocycles. The maximum atomic E-state index is 4.71. The highest BCUT2D eigenvalue weighted by Gasteiger charge is 2.10. The Labute approximate surface area is 162 Å². The van der Waals surface area contributed by atoms with Crippen molar-refractivity contribution in [2.24, 2.45) is 0 Å². The lowest BCUT2D eigenvalue weighted by Gasteiger charge is -2.08. The molecule has 0 unspecified atom stereocenters. The second-order valence-electron chi connectivity index (χ2n) is 6.21. The van der Waals surface area contributed by atoms with Crippen LogP contribution < -0.4 is 5.32 Å². The van der Waals surface area contributed by atoms with Gasteiger partial charge in [0.15, 0.2) is 5.82 Å². The van der Waals surface area contributed by atoms with E-state index in [2.05, 4.69) is 32.4 Å². The zero-order chi connectivity index (χ0) is 18.6. The van der Waals surface area contributed by atoms with Crippen LogP contribution in [0.2, 0.25) is 0 Å². The predicted octanol–water partition coefficient (Wildman–Crippen LogP) is 4.89. The van der Waals surface area contributed by atoms with Gasteiger partial charge < -0.3 is 5.32 Å². The first-order valence-electron chi connectivity index (χ1n) is 8.71. The Morgan fingerprint density at radius 3 is 2.52 bits per heavy atom. The van der Waals surface area contributed by atoms with E-state index in [-0.39, 0.29) is 0 Å². The van der Waals surface area contributed by atoms with Gasteiger partial charge in [-0.3, -0.25) is 4.98 Å². The molecule has 0 radical (unpaired) electrons. The van der Waals surface area contributed by atoms with Crippen molar-refractivity contribution in [3.8, 4) is 22.0 Å². The number of anilines is 1. The van der Waals surface area contributed by atoms with Crippen molar-refractivity contribution in [3.63, 3.8) is 0 Å². The first kappa shape index (κ1) is 17.3. The third-order valence-corrected chi connectivity index (χ3v) is 5.32. The van der Waals surface area contributed by atoms with E-state index in [1.165, 1.54) is 4.88 Å². The molecule has 0 spiro atoms. The first-order valence-corrected chi connectivity index (χ1v) is 9.52. The average Bonchev–Trinajstić information content (AvgIpc) is 3.08. The number of pyridine rings is 1. The number of thiazole rings is 1. The fourth-order valence-electron chi connectivity index (χ4n) is 2.75. The van der Waals surface area contributed by atoms with Gasteiger partial charge in [0.1, 0.15) is 10.8 Å². The van der Waals surface area contributed by atoms with E-state index in [4.69, 9.17) is 4.98 Å². The summed E-state index contributed by atoms with van der Waals surface area (Å²) in [6, 6.07) is 16.1. The molecule has 0 aliphatic carbocycles. The molecule has 5 nitrogen and oxygen atoms in total. The van der Waals surface area contributed by atoms with Crippen LogP contribution in [0.3, 0.4) is 0 Å². The number of nitrogens with one attached hydrogen (secondary N) is 1. The smallest absolute Gasteiger partial charge is 0.163 e. The lowest BCUT2D eigenvalue weighted by atomic mass is 10.2. The minimum Gasteiger partial charge on any atom is -0.365 e. The molecule has 0 saturated carbocycles. The van der Waals surface area contributed by atoms with Gasteiger partial charge in [-0.25, -0.2) is 15.0 Å². The maximum absolute atomic E-state index is 4.71. The van der Waals surface area contributed by atoms with Crippen LogP contribution in [0.25, 0.3) is 22.0 Å². The maximum Gasteiger partial charge on any atom is 0.163 e. The van der Waals surface area contributed by atoms with Crippen molar-refractivity contribution >= 4 is 17.2 Å². The summed E-state index contributed by atoms with van der Waals surface area (Å²) in [5.41, 5.74) is 4.01. The van der Waals surface area contributed by atoms with Crippen molar-refractivity contribution in [1.82, 2.24) is 19.9 Å². The molecule has 0 fully saturated rings. The van der Waals surface area contributed by atoms with Crippen LogP contribution in [-0.4, -0.2) is 19.9 Å². The zero-order valence-corrected chi connectivity index (χ0v) is 16.0.